The molecule has 0 heterocycles. The van der Waals surface area contributed by atoms with Crippen molar-refractivity contribution in [3.63, 3.8) is 0 Å². The van der Waals surface area contributed by atoms with Gasteiger partial charge in [0.1, 0.15) is 0 Å². The van der Waals surface area contributed by atoms with Gasteiger partial charge < -0.3 is 10.4 Å². The quantitative estimate of drug-likeness (QED) is 0.613. The first-order valence-electron chi connectivity index (χ1n) is 8.40. The maximum Gasteiger partial charge on any atom is 0.0658 e. The summed E-state index contributed by atoms with van der Waals surface area (Å²) in [6.45, 7) is 0. The number of fused-ring (bicyclic) bond motifs is 2. The summed E-state index contributed by atoms with van der Waals surface area (Å²) in [6, 6.07) is 16.6. The van der Waals surface area contributed by atoms with Gasteiger partial charge >= 0.3 is 0 Å². The second-order valence-corrected chi connectivity index (χ2v) is 6.54. The van der Waals surface area contributed by atoms with E-state index in [1.165, 1.54) is 22.3 Å². The van der Waals surface area contributed by atoms with Crippen LogP contribution in [0.3, 0.4) is 0 Å². The zero-order chi connectivity index (χ0) is 16.5. The van der Waals surface area contributed by atoms with Crippen LogP contribution >= 0.6 is 0 Å². The molecule has 0 amide bonds. The van der Waals surface area contributed by atoms with Gasteiger partial charge in [-0.25, -0.2) is 0 Å². The highest BCUT2D eigenvalue weighted by Crippen LogP contribution is 2.44. The number of rotatable bonds is 1. The summed E-state index contributed by atoms with van der Waals surface area (Å²) in [5, 5.41) is 26.5. The van der Waals surface area contributed by atoms with Gasteiger partial charge in [0.05, 0.1) is 11.4 Å². The third-order valence-electron chi connectivity index (χ3n) is 5.39. The van der Waals surface area contributed by atoms with E-state index >= 15 is 0 Å². The van der Waals surface area contributed by atoms with Gasteiger partial charge in [0.25, 0.3) is 0 Å². The minimum atomic E-state index is -0.0766. The van der Waals surface area contributed by atoms with Crippen LogP contribution in [0, 0.1) is 0 Å². The molecule has 2 aromatic carbocycles. The molecule has 2 aliphatic carbocycles. The Labute approximate surface area is 141 Å². The molecule has 0 saturated carbocycles. The molecule has 122 valence electrons. The van der Waals surface area contributed by atoms with Crippen molar-refractivity contribution < 1.29 is 10.4 Å². The number of aryl methyl sites for hydroxylation is 2. The predicted molar refractivity (Wildman–Crippen MR) is 93.5 cm³/mol. The highest BCUT2D eigenvalue weighted by atomic mass is 16.4. The first-order valence-corrected chi connectivity index (χ1v) is 8.40. The van der Waals surface area contributed by atoms with E-state index in [-0.39, 0.29) is 11.8 Å². The van der Waals surface area contributed by atoms with Crippen molar-refractivity contribution in [2.75, 3.05) is 0 Å². The monoisotopic (exact) mass is 320 g/mol. The van der Waals surface area contributed by atoms with E-state index in [0.29, 0.717) is 0 Å². The molecule has 4 heteroatoms. The van der Waals surface area contributed by atoms with Gasteiger partial charge in [-0.3, -0.25) is 0 Å². The van der Waals surface area contributed by atoms with Crippen LogP contribution in [-0.2, 0) is 12.8 Å². The molecule has 2 atom stereocenters. The summed E-state index contributed by atoms with van der Waals surface area (Å²) in [5.74, 6) is -0.153. The van der Waals surface area contributed by atoms with Crippen molar-refractivity contribution in [1.29, 1.82) is 0 Å². The summed E-state index contributed by atoms with van der Waals surface area (Å²) in [7, 11) is 0. The number of hydrogen-bond acceptors (Lipinski definition) is 4. The maximum absolute atomic E-state index is 9.61. The Bertz CT molecular complexity index is 756. The fourth-order valence-corrected chi connectivity index (χ4v) is 4.29. The summed E-state index contributed by atoms with van der Waals surface area (Å²) in [5.41, 5.74) is 6.48. The molecule has 0 aromatic heterocycles. The Morgan fingerprint density at radius 1 is 0.625 bits per heavy atom. The molecule has 2 unspecified atom stereocenters. The summed E-state index contributed by atoms with van der Waals surface area (Å²) < 4.78 is 0. The Kier molecular flexibility index (Phi) is 3.81. The molecular formula is C20H20N2O2. The standard InChI is InChI=1S/C20H20N2O2/c23-21-17-11-9-13-5-1-3-7-15(13)19(17)20-16-8-4-2-6-14(16)10-12-18(20)22-24/h1-8,19-20,23-24H,9-12H2. The SMILES string of the molecule is ON=C1CCc2ccccc2C1C1C(=NO)CCc2ccccc21. The van der Waals surface area contributed by atoms with Gasteiger partial charge in [0, 0.05) is 11.8 Å². The number of oxime groups is 2. The normalized spacial score (nSPS) is 26.2. The Hall–Kier alpha value is -2.62. The fraction of sp³-hybridized carbons (Fsp3) is 0.300. The molecule has 2 aliphatic rings. The molecule has 2 aromatic rings. The molecule has 4 rings (SSSR count). The van der Waals surface area contributed by atoms with Gasteiger partial charge in [-0.05, 0) is 47.9 Å². The zero-order valence-corrected chi connectivity index (χ0v) is 13.4. The van der Waals surface area contributed by atoms with Crippen LogP contribution in [0.5, 0.6) is 0 Å². The molecular weight excluding hydrogens is 300 g/mol. The summed E-state index contributed by atoms with van der Waals surface area (Å²) in [4.78, 5) is 0. The molecule has 24 heavy (non-hydrogen) atoms. The zero-order valence-electron chi connectivity index (χ0n) is 13.4. The van der Waals surface area contributed by atoms with E-state index < -0.39 is 0 Å². The predicted octanol–water partition coefficient (Wildman–Crippen LogP) is 4.11. The Morgan fingerprint density at radius 2 is 1.04 bits per heavy atom. The van der Waals surface area contributed by atoms with E-state index in [4.69, 9.17) is 0 Å². The lowest BCUT2D eigenvalue weighted by Gasteiger charge is -2.36. The third-order valence-corrected chi connectivity index (χ3v) is 5.39. The highest BCUT2D eigenvalue weighted by Gasteiger charge is 2.39. The molecule has 2 N–H and O–H groups in total. The van der Waals surface area contributed by atoms with Crippen LogP contribution in [0.25, 0.3) is 0 Å². The molecule has 0 aliphatic heterocycles. The van der Waals surface area contributed by atoms with E-state index in [1.54, 1.807) is 0 Å². The number of nitrogens with zero attached hydrogens (tertiary/aromatic N) is 2. The lowest BCUT2D eigenvalue weighted by Crippen LogP contribution is -2.33. The molecule has 4 nitrogen and oxygen atoms in total. The number of benzene rings is 2. The van der Waals surface area contributed by atoms with Gasteiger partial charge in [-0.15, -0.1) is 0 Å². The highest BCUT2D eigenvalue weighted by molar-refractivity contribution is 6.02. The van der Waals surface area contributed by atoms with E-state index in [1.807, 2.05) is 24.3 Å². The van der Waals surface area contributed by atoms with Crippen LogP contribution in [0.2, 0.25) is 0 Å². The molecule has 0 fully saturated rings. The van der Waals surface area contributed by atoms with Crippen molar-refractivity contribution in [3.05, 3.63) is 70.8 Å². The topological polar surface area (TPSA) is 65.2 Å². The van der Waals surface area contributed by atoms with E-state index in [2.05, 4.69) is 34.6 Å². The van der Waals surface area contributed by atoms with Crippen LogP contribution in [-0.4, -0.2) is 21.8 Å². The minimum Gasteiger partial charge on any atom is -0.411 e. The van der Waals surface area contributed by atoms with Crippen LogP contribution in [0.15, 0.2) is 58.8 Å². The van der Waals surface area contributed by atoms with Crippen molar-refractivity contribution in [2.24, 2.45) is 10.3 Å². The van der Waals surface area contributed by atoms with Crippen molar-refractivity contribution >= 4 is 11.4 Å². The minimum absolute atomic E-state index is 0.0766. The van der Waals surface area contributed by atoms with Gasteiger partial charge in [-0.2, -0.15) is 0 Å². The van der Waals surface area contributed by atoms with Gasteiger partial charge in [0.15, 0.2) is 0 Å². The largest absolute Gasteiger partial charge is 0.411 e. The molecule has 0 spiro atoms. The summed E-state index contributed by atoms with van der Waals surface area (Å²) >= 11 is 0. The smallest absolute Gasteiger partial charge is 0.0658 e. The van der Waals surface area contributed by atoms with Crippen LogP contribution in [0.4, 0.5) is 0 Å². The van der Waals surface area contributed by atoms with Crippen molar-refractivity contribution in [2.45, 2.75) is 37.5 Å². The van der Waals surface area contributed by atoms with Crippen LogP contribution in [0.1, 0.15) is 46.9 Å². The number of hydrogen-bond donors (Lipinski definition) is 2. The van der Waals surface area contributed by atoms with Crippen molar-refractivity contribution in [3.8, 4) is 0 Å². The van der Waals surface area contributed by atoms with E-state index in [0.717, 1.165) is 37.1 Å². The molecule has 0 bridgehead atoms. The molecule has 0 saturated heterocycles. The first-order chi connectivity index (χ1) is 11.8. The fourth-order valence-electron chi connectivity index (χ4n) is 4.29. The second-order valence-electron chi connectivity index (χ2n) is 6.54. The first kappa shape index (κ1) is 14.9. The van der Waals surface area contributed by atoms with Crippen LogP contribution < -0.4 is 0 Å². The summed E-state index contributed by atoms with van der Waals surface area (Å²) in [6.07, 6.45) is 3.23. The lowest BCUT2D eigenvalue weighted by molar-refractivity contribution is 0.310. The van der Waals surface area contributed by atoms with E-state index in [9.17, 15) is 10.4 Å². The van der Waals surface area contributed by atoms with Crippen molar-refractivity contribution in [1.82, 2.24) is 0 Å². The molecule has 0 radical (unpaired) electrons. The van der Waals surface area contributed by atoms with Gasteiger partial charge in [0.2, 0.25) is 0 Å². The third kappa shape index (κ3) is 2.30. The Morgan fingerprint density at radius 3 is 1.46 bits per heavy atom. The average molecular weight is 320 g/mol. The lowest BCUT2D eigenvalue weighted by atomic mass is 9.67. The second kappa shape index (κ2) is 6.11. The average Bonchev–Trinajstić information content (AvgIpc) is 2.66. The van der Waals surface area contributed by atoms with Gasteiger partial charge in [-0.1, -0.05) is 58.8 Å². The Balaban J connectivity index is 1.92. The maximum atomic E-state index is 9.61.